The van der Waals surface area contributed by atoms with Gasteiger partial charge in [0.1, 0.15) is 0 Å². The van der Waals surface area contributed by atoms with Crippen LogP contribution in [0.25, 0.3) is 0 Å². The van der Waals surface area contributed by atoms with Crippen molar-refractivity contribution in [1.82, 2.24) is 5.32 Å². The van der Waals surface area contributed by atoms with Gasteiger partial charge < -0.3 is 10.1 Å². The molecule has 0 spiro atoms. The number of rotatable bonds is 7. The van der Waals surface area contributed by atoms with E-state index in [9.17, 15) is 9.59 Å². The highest BCUT2D eigenvalue weighted by Gasteiger charge is 2.36. The molecule has 0 radical (unpaired) electrons. The maximum absolute atomic E-state index is 12.5. The fourth-order valence-corrected chi connectivity index (χ4v) is 3.69. The minimum absolute atomic E-state index is 0.0484. The number of hydrogen-bond donors (Lipinski definition) is 1. The van der Waals surface area contributed by atoms with Crippen LogP contribution in [0.1, 0.15) is 62.7 Å². The molecule has 136 valence electrons. The molecule has 3 rings (SSSR count). The Balaban J connectivity index is 1.48. The third-order valence-corrected chi connectivity index (χ3v) is 5.20. The first-order chi connectivity index (χ1) is 11.9. The number of ketones is 1. The molecule has 2 fully saturated rings. The van der Waals surface area contributed by atoms with E-state index in [-0.39, 0.29) is 23.1 Å². The van der Waals surface area contributed by atoms with Gasteiger partial charge >= 0.3 is 0 Å². The second kappa shape index (κ2) is 7.69. The number of nitrogens with one attached hydrogen (secondary N) is 1. The van der Waals surface area contributed by atoms with E-state index in [1.807, 2.05) is 44.2 Å². The Labute approximate surface area is 150 Å². The predicted octanol–water partition coefficient (Wildman–Crippen LogP) is 3.75. The molecule has 1 saturated heterocycles. The molecule has 2 aliphatic rings. The van der Waals surface area contributed by atoms with Gasteiger partial charge in [0.15, 0.2) is 5.78 Å². The zero-order valence-electron chi connectivity index (χ0n) is 15.3. The van der Waals surface area contributed by atoms with E-state index in [0.717, 1.165) is 19.4 Å². The fraction of sp³-hybridized carbons (Fsp3) is 0.619. The summed E-state index contributed by atoms with van der Waals surface area (Å²) in [6, 6.07) is 9.52. The summed E-state index contributed by atoms with van der Waals surface area (Å²) in [5, 5.41) is 3.17. The average Bonchev–Trinajstić information content (AvgIpc) is 3.39. The van der Waals surface area contributed by atoms with E-state index in [4.69, 9.17) is 4.74 Å². The molecule has 1 aliphatic carbocycles. The molecule has 1 aromatic carbocycles. The van der Waals surface area contributed by atoms with Gasteiger partial charge in [-0.05, 0) is 37.0 Å². The summed E-state index contributed by atoms with van der Waals surface area (Å²) in [5.41, 5.74) is 0.366. The van der Waals surface area contributed by atoms with Crippen molar-refractivity contribution in [2.45, 2.75) is 64.5 Å². The minimum atomic E-state index is -0.349. The molecule has 25 heavy (non-hydrogen) atoms. The lowest BCUT2D eigenvalue weighted by Crippen LogP contribution is -2.43. The molecule has 1 amide bonds. The van der Waals surface area contributed by atoms with Gasteiger partial charge in [-0.15, -0.1) is 0 Å². The molecule has 1 aromatic rings. The molecule has 0 aromatic heterocycles. The molecule has 1 aliphatic heterocycles. The smallest absolute Gasteiger partial charge is 0.220 e. The van der Waals surface area contributed by atoms with E-state index >= 15 is 0 Å². The average molecular weight is 343 g/mol. The number of hydrogen-bond acceptors (Lipinski definition) is 3. The minimum Gasteiger partial charge on any atom is -0.378 e. The Morgan fingerprint density at radius 3 is 2.52 bits per heavy atom. The number of carbonyl (C=O) groups is 2. The molecule has 1 saturated carbocycles. The van der Waals surface area contributed by atoms with Gasteiger partial charge in [-0.25, -0.2) is 0 Å². The van der Waals surface area contributed by atoms with Crippen LogP contribution >= 0.6 is 0 Å². The SMILES string of the molecule is CC(C)(CC(=O)N[C@@H]1CCO[C@@H](C2CC2)C1)CC(=O)c1ccccc1. The highest BCUT2D eigenvalue weighted by Crippen LogP contribution is 2.38. The summed E-state index contributed by atoms with van der Waals surface area (Å²) in [6.45, 7) is 4.72. The zero-order valence-corrected chi connectivity index (χ0v) is 15.3. The summed E-state index contributed by atoms with van der Waals surface area (Å²) in [5.74, 6) is 0.852. The van der Waals surface area contributed by atoms with Crippen LogP contribution in [0.4, 0.5) is 0 Å². The van der Waals surface area contributed by atoms with E-state index in [2.05, 4.69) is 5.32 Å². The Morgan fingerprint density at radius 1 is 1.12 bits per heavy atom. The fourth-order valence-electron chi connectivity index (χ4n) is 3.69. The molecule has 0 bridgehead atoms. The van der Waals surface area contributed by atoms with Crippen molar-refractivity contribution in [3.05, 3.63) is 35.9 Å². The quantitative estimate of drug-likeness (QED) is 0.767. The number of ether oxygens (including phenoxy) is 1. The van der Waals surface area contributed by atoms with Crippen LogP contribution in [0, 0.1) is 11.3 Å². The molecule has 4 nitrogen and oxygen atoms in total. The molecule has 1 N–H and O–H groups in total. The lowest BCUT2D eigenvalue weighted by molar-refractivity contribution is -0.124. The summed E-state index contributed by atoms with van der Waals surface area (Å²) in [4.78, 5) is 24.9. The maximum atomic E-state index is 12.5. The largest absolute Gasteiger partial charge is 0.378 e. The summed E-state index contributed by atoms with van der Waals surface area (Å²) < 4.78 is 5.82. The Bertz CT molecular complexity index is 607. The molecular weight excluding hydrogens is 314 g/mol. The third kappa shape index (κ3) is 5.40. The van der Waals surface area contributed by atoms with Gasteiger partial charge in [0.25, 0.3) is 0 Å². The van der Waals surface area contributed by atoms with Gasteiger partial charge in [-0.3, -0.25) is 9.59 Å². The number of Topliss-reactive ketones (excluding diaryl/α,β-unsaturated/α-hetero) is 1. The van der Waals surface area contributed by atoms with Crippen LogP contribution in [0.15, 0.2) is 30.3 Å². The van der Waals surface area contributed by atoms with E-state index in [1.54, 1.807) is 0 Å². The van der Waals surface area contributed by atoms with Crippen molar-refractivity contribution in [3.8, 4) is 0 Å². The third-order valence-electron chi connectivity index (χ3n) is 5.20. The standard InChI is InChI=1S/C21H29NO3/c1-21(2,13-18(23)15-6-4-3-5-7-15)14-20(24)22-17-10-11-25-19(12-17)16-8-9-16/h3-7,16-17,19H,8-14H2,1-2H3,(H,22,24)/t17-,19-/m1/s1. The van der Waals surface area contributed by atoms with Crippen molar-refractivity contribution >= 4 is 11.7 Å². The zero-order chi connectivity index (χ0) is 17.9. The van der Waals surface area contributed by atoms with Crippen LogP contribution in [0.3, 0.4) is 0 Å². The molecule has 2 atom stereocenters. The summed E-state index contributed by atoms with van der Waals surface area (Å²) in [6.07, 6.45) is 5.42. The number of carbonyl (C=O) groups excluding carboxylic acids is 2. The lowest BCUT2D eigenvalue weighted by atomic mass is 9.82. The summed E-state index contributed by atoms with van der Waals surface area (Å²) >= 11 is 0. The van der Waals surface area contributed by atoms with Crippen molar-refractivity contribution in [2.75, 3.05) is 6.61 Å². The topological polar surface area (TPSA) is 55.4 Å². The summed E-state index contributed by atoms with van der Waals surface area (Å²) in [7, 11) is 0. The number of benzene rings is 1. The van der Waals surface area contributed by atoms with Crippen LogP contribution in [0.2, 0.25) is 0 Å². The van der Waals surface area contributed by atoms with Crippen molar-refractivity contribution in [3.63, 3.8) is 0 Å². The van der Waals surface area contributed by atoms with Gasteiger partial charge in [-0.2, -0.15) is 0 Å². The Hall–Kier alpha value is -1.68. The Kier molecular flexibility index (Phi) is 5.57. The Morgan fingerprint density at radius 2 is 1.84 bits per heavy atom. The first-order valence-electron chi connectivity index (χ1n) is 9.42. The highest BCUT2D eigenvalue weighted by atomic mass is 16.5. The lowest BCUT2D eigenvalue weighted by Gasteiger charge is -2.31. The van der Waals surface area contributed by atoms with Crippen molar-refractivity contribution < 1.29 is 14.3 Å². The van der Waals surface area contributed by atoms with E-state index in [1.165, 1.54) is 12.8 Å². The van der Waals surface area contributed by atoms with Gasteiger partial charge in [0, 0.05) is 31.1 Å². The highest BCUT2D eigenvalue weighted by molar-refractivity contribution is 5.96. The van der Waals surface area contributed by atoms with Crippen LogP contribution < -0.4 is 5.32 Å². The first-order valence-corrected chi connectivity index (χ1v) is 9.42. The van der Waals surface area contributed by atoms with Crippen LogP contribution in [-0.2, 0) is 9.53 Å². The second-order valence-electron chi connectivity index (χ2n) is 8.34. The second-order valence-corrected chi connectivity index (χ2v) is 8.34. The normalized spacial score (nSPS) is 23.9. The van der Waals surface area contributed by atoms with Gasteiger partial charge in [-0.1, -0.05) is 44.2 Å². The monoisotopic (exact) mass is 343 g/mol. The van der Waals surface area contributed by atoms with E-state index < -0.39 is 0 Å². The first kappa shape index (κ1) is 18.1. The molecule has 0 unspecified atom stereocenters. The molecule has 1 heterocycles. The maximum Gasteiger partial charge on any atom is 0.220 e. The van der Waals surface area contributed by atoms with E-state index in [0.29, 0.717) is 30.4 Å². The predicted molar refractivity (Wildman–Crippen MR) is 97.4 cm³/mol. The van der Waals surface area contributed by atoms with Crippen LogP contribution in [-0.4, -0.2) is 30.4 Å². The van der Waals surface area contributed by atoms with Crippen molar-refractivity contribution in [1.29, 1.82) is 0 Å². The number of amides is 1. The molecule has 4 heteroatoms. The van der Waals surface area contributed by atoms with Gasteiger partial charge in [0.05, 0.1) is 6.10 Å². The molecular formula is C21H29NO3. The van der Waals surface area contributed by atoms with Crippen molar-refractivity contribution in [2.24, 2.45) is 11.3 Å². The van der Waals surface area contributed by atoms with Crippen LogP contribution in [0.5, 0.6) is 0 Å². The van der Waals surface area contributed by atoms with Gasteiger partial charge in [0.2, 0.25) is 5.91 Å².